The van der Waals surface area contributed by atoms with E-state index in [9.17, 15) is 28.0 Å². The van der Waals surface area contributed by atoms with Gasteiger partial charge in [0.2, 0.25) is 17.7 Å². The molecular weight excluding hydrogens is 444 g/mol. The van der Waals surface area contributed by atoms with E-state index in [1.54, 1.807) is 6.26 Å². The molecule has 3 atom stereocenters. The molecule has 1 aromatic carbocycles. The second-order valence-electron chi connectivity index (χ2n) is 7.67. The number of carbonyl (C=O) groups excluding carboxylic acids is 4. The Hall–Kier alpha value is -2.89. The van der Waals surface area contributed by atoms with Crippen LogP contribution in [0, 0.1) is 11.6 Å². The molecular formula is C20H25F2N5O4S. The number of nitrogens with one attached hydrogen (secondary N) is 2. The fourth-order valence-electron chi connectivity index (χ4n) is 4.15. The molecule has 0 spiro atoms. The minimum atomic E-state index is -1.02. The smallest absolute Gasteiger partial charge is 0.319 e. The summed E-state index contributed by atoms with van der Waals surface area (Å²) in [4.78, 5) is 53.0. The van der Waals surface area contributed by atoms with Gasteiger partial charge in [0.25, 0.3) is 0 Å². The predicted molar refractivity (Wildman–Crippen MR) is 115 cm³/mol. The molecule has 2 aliphatic rings. The molecule has 2 aliphatic heterocycles. The monoisotopic (exact) mass is 469 g/mol. The number of amides is 5. The zero-order valence-corrected chi connectivity index (χ0v) is 18.3. The largest absolute Gasteiger partial charge is 0.368 e. The lowest BCUT2D eigenvalue weighted by Gasteiger charge is -2.33. The first-order chi connectivity index (χ1) is 15.2. The van der Waals surface area contributed by atoms with Crippen LogP contribution in [0.5, 0.6) is 0 Å². The number of hydrogen-bond acceptors (Lipinski definition) is 5. The number of primary amides is 1. The summed E-state index contributed by atoms with van der Waals surface area (Å²) in [5.74, 6) is -2.92. The number of anilines is 1. The fourth-order valence-corrected chi connectivity index (χ4v) is 4.56. The first-order valence-electron chi connectivity index (χ1n) is 10.1. The molecule has 4 N–H and O–H groups in total. The van der Waals surface area contributed by atoms with E-state index in [1.165, 1.54) is 21.6 Å². The van der Waals surface area contributed by atoms with Gasteiger partial charge >= 0.3 is 6.03 Å². The Morgan fingerprint density at radius 2 is 1.91 bits per heavy atom. The van der Waals surface area contributed by atoms with Crippen molar-refractivity contribution in [2.45, 2.75) is 37.4 Å². The van der Waals surface area contributed by atoms with Crippen molar-refractivity contribution in [3.63, 3.8) is 0 Å². The Balaban J connectivity index is 1.78. The number of nitrogens with zero attached hydrogens (tertiary/aromatic N) is 2. The number of urea groups is 1. The summed E-state index contributed by atoms with van der Waals surface area (Å²) in [6.07, 6.45) is 3.10. The van der Waals surface area contributed by atoms with Gasteiger partial charge in [-0.2, -0.15) is 11.8 Å². The number of thioether (sulfide) groups is 1. The molecule has 0 bridgehead atoms. The van der Waals surface area contributed by atoms with Crippen LogP contribution in [0.15, 0.2) is 18.2 Å². The Labute approximate surface area is 188 Å². The highest BCUT2D eigenvalue weighted by Crippen LogP contribution is 2.26. The van der Waals surface area contributed by atoms with Crippen molar-refractivity contribution >= 4 is 41.2 Å². The average Bonchev–Trinajstić information content (AvgIpc) is 3.37. The summed E-state index contributed by atoms with van der Waals surface area (Å²) in [7, 11) is 0. The molecule has 0 unspecified atom stereocenters. The maximum absolute atomic E-state index is 13.9. The van der Waals surface area contributed by atoms with Gasteiger partial charge in [-0.1, -0.05) is 0 Å². The van der Waals surface area contributed by atoms with E-state index in [4.69, 9.17) is 5.73 Å². The van der Waals surface area contributed by atoms with Gasteiger partial charge in [0.1, 0.15) is 23.7 Å². The number of rotatable bonds is 6. The van der Waals surface area contributed by atoms with Crippen molar-refractivity contribution in [2.75, 3.05) is 30.4 Å². The van der Waals surface area contributed by atoms with Crippen molar-refractivity contribution in [2.24, 2.45) is 5.73 Å². The van der Waals surface area contributed by atoms with E-state index in [0.29, 0.717) is 31.9 Å². The van der Waals surface area contributed by atoms with Crippen molar-refractivity contribution in [1.82, 2.24) is 15.1 Å². The van der Waals surface area contributed by atoms with Crippen LogP contribution in [-0.4, -0.2) is 76.8 Å². The number of carbonyl (C=O) groups is 4. The number of benzene rings is 1. The zero-order chi connectivity index (χ0) is 23.4. The van der Waals surface area contributed by atoms with Crippen LogP contribution in [-0.2, 0) is 14.4 Å². The van der Waals surface area contributed by atoms with E-state index in [1.807, 2.05) is 0 Å². The molecule has 12 heteroatoms. The molecule has 9 nitrogen and oxygen atoms in total. The summed E-state index contributed by atoms with van der Waals surface area (Å²) < 4.78 is 27.0. The lowest BCUT2D eigenvalue weighted by atomic mass is 10.1. The van der Waals surface area contributed by atoms with Gasteiger partial charge in [-0.3, -0.25) is 14.4 Å². The molecule has 2 saturated heterocycles. The number of likely N-dealkylation sites (tertiary alicyclic amines) is 2. The van der Waals surface area contributed by atoms with Crippen LogP contribution in [0.2, 0.25) is 0 Å². The van der Waals surface area contributed by atoms with Gasteiger partial charge in [0, 0.05) is 19.2 Å². The first-order valence-corrected chi connectivity index (χ1v) is 11.5. The molecule has 2 heterocycles. The molecule has 2 fully saturated rings. The van der Waals surface area contributed by atoms with Crippen LogP contribution >= 0.6 is 11.8 Å². The minimum Gasteiger partial charge on any atom is -0.368 e. The average molecular weight is 470 g/mol. The van der Waals surface area contributed by atoms with Gasteiger partial charge < -0.3 is 26.2 Å². The Bertz CT molecular complexity index is 918. The molecule has 32 heavy (non-hydrogen) atoms. The van der Waals surface area contributed by atoms with Crippen molar-refractivity contribution in [3.8, 4) is 0 Å². The van der Waals surface area contributed by atoms with Crippen LogP contribution < -0.4 is 16.4 Å². The van der Waals surface area contributed by atoms with E-state index < -0.39 is 47.6 Å². The lowest BCUT2D eigenvalue weighted by Crippen LogP contribution is -2.58. The molecule has 174 valence electrons. The molecule has 0 aromatic heterocycles. The van der Waals surface area contributed by atoms with Crippen LogP contribution in [0.1, 0.15) is 19.3 Å². The van der Waals surface area contributed by atoms with Gasteiger partial charge in [0.15, 0.2) is 0 Å². The van der Waals surface area contributed by atoms with Crippen molar-refractivity contribution < 1.29 is 28.0 Å². The SMILES string of the molecule is CSCC(=O)N1CC[C@H](NC(=O)Nc2ccc(F)cc2F)[C@H]1C(=O)N1CCC[C@@H]1C(N)=O. The van der Waals surface area contributed by atoms with Gasteiger partial charge in [0.05, 0.1) is 17.5 Å². The summed E-state index contributed by atoms with van der Waals surface area (Å²) in [5, 5.41) is 4.91. The highest BCUT2D eigenvalue weighted by Gasteiger charge is 2.46. The normalized spacial score (nSPS) is 22.7. The van der Waals surface area contributed by atoms with Gasteiger partial charge in [-0.15, -0.1) is 0 Å². The topological polar surface area (TPSA) is 125 Å². The first kappa shape index (κ1) is 23.8. The summed E-state index contributed by atoms with van der Waals surface area (Å²) >= 11 is 1.31. The third-order valence-electron chi connectivity index (χ3n) is 5.60. The minimum absolute atomic E-state index is 0.155. The molecule has 5 amide bonds. The Kier molecular flexibility index (Phi) is 7.54. The summed E-state index contributed by atoms with van der Waals surface area (Å²) in [6.45, 7) is 0.563. The van der Waals surface area contributed by atoms with Gasteiger partial charge in [-0.25, -0.2) is 13.6 Å². The molecule has 3 rings (SSSR count). The number of hydrogen-bond donors (Lipinski definition) is 3. The van der Waals surface area contributed by atoms with Crippen LogP contribution in [0.3, 0.4) is 0 Å². The quantitative estimate of drug-likeness (QED) is 0.571. The molecule has 0 radical (unpaired) electrons. The van der Waals surface area contributed by atoms with Crippen molar-refractivity contribution in [3.05, 3.63) is 29.8 Å². The fraction of sp³-hybridized carbons (Fsp3) is 0.500. The second-order valence-corrected chi connectivity index (χ2v) is 8.54. The van der Waals surface area contributed by atoms with E-state index in [2.05, 4.69) is 10.6 Å². The van der Waals surface area contributed by atoms with Crippen LogP contribution in [0.25, 0.3) is 0 Å². The lowest BCUT2D eigenvalue weighted by molar-refractivity contribution is -0.145. The Morgan fingerprint density at radius 1 is 1.16 bits per heavy atom. The number of halogens is 2. The van der Waals surface area contributed by atoms with Crippen molar-refractivity contribution in [1.29, 1.82) is 0 Å². The molecule has 0 aliphatic carbocycles. The highest BCUT2D eigenvalue weighted by molar-refractivity contribution is 7.99. The summed E-state index contributed by atoms with van der Waals surface area (Å²) in [6, 6.07) is -0.617. The highest BCUT2D eigenvalue weighted by atomic mass is 32.2. The zero-order valence-electron chi connectivity index (χ0n) is 17.5. The molecule has 1 aromatic rings. The maximum Gasteiger partial charge on any atom is 0.319 e. The summed E-state index contributed by atoms with van der Waals surface area (Å²) in [5.41, 5.74) is 5.21. The second kappa shape index (κ2) is 10.2. The Morgan fingerprint density at radius 3 is 2.56 bits per heavy atom. The van der Waals surface area contributed by atoms with Gasteiger partial charge in [-0.05, 0) is 37.7 Å². The molecule has 0 saturated carbocycles. The van der Waals surface area contributed by atoms with E-state index in [-0.39, 0.29) is 23.9 Å². The number of nitrogens with two attached hydrogens (primary N) is 1. The third kappa shape index (κ3) is 5.12. The third-order valence-corrected chi connectivity index (χ3v) is 6.13. The van der Waals surface area contributed by atoms with E-state index >= 15 is 0 Å². The standard InChI is InChI=1S/C20H25F2N5O4S/c1-32-10-16(28)27-8-6-14(17(27)19(30)26-7-2-3-15(26)18(23)29)25-20(31)24-13-5-4-11(21)9-12(13)22/h4-5,9,14-15,17H,2-3,6-8,10H2,1H3,(H2,23,29)(H2,24,25,31)/t14-,15+,17-/m0/s1. The maximum atomic E-state index is 13.9. The van der Waals surface area contributed by atoms with E-state index in [0.717, 1.165) is 12.1 Å². The predicted octanol–water partition coefficient (Wildman–Crippen LogP) is 0.895. The van der Waals surface area contributed by atoms with Crippen LogP contribution in [0.4, 0.5) is 19.3 Å².